The van der Waals surface area contributed by atoms with E-state index in [0.717, 1.165) is 19.3 Å². The van der Waals surface area contributed by atoms with Crippen LogP contribution in [0.3, 0.4) is 0 Å². The molecule has 21 heavy (non-hydrogen) atoms. The summed E-state index contributed by atoms with van der Waals surface area (Å²) in [5.41, 5.74) is -0.207. The first-order chi connectivity index (χ1) is 9.93. The second-order valence-electron chi connectivity index (χ2n) is 5.35. The van der Waals surface area contributed by atoms with Crippen LogP contribution in [0.25, 0.3) is 0 Å². The zero-order chi connectivity index (χ0) is 15.2. The minimum absolute atomic E-state index is 0.0889. The molecule has 1 saturated heterocycles. The van der Waals surface area contributed by atoms with E-state index in [1.165, 1.54) is 11.2 Å². The number of nitrogens with one attached hydrogen (secondary N) is 1. The highest BCUT2D eigenvalue weighted by atomic mass is 32.2. The number of carboxylic acid groups (broad SMARTS) is 1. The van der Waals surface area contributed by atoms with Crippen molar-refractivity contribution in [3.8, 4) is 0 Å². The van der Waals surface area contributed by atoms with Crippen molar-refractivity contribution >= 4 is 16.0 Å². The van der Waals surface area contributed by atoms with Crippen LogP contribution < -0.4 is 0 Å². The zero-order valence-electron chi connectivity index (χ0n) is 11.6. The second-order valence-corrected chi connectivity index (χ2v) is 7.18. The molecule has 0 aromatic carbocycles. The lowest BCUT2D eigenvalue weighted by atomic mass is 10.2. The molecule has 8 nitrogen and oxygen atoms in total. The molecule has 1 aromatic rings. The van der Waals surface area contributed by atoms with Gasteiger partial charge >= 0.3 is 5.97 Å². The number of sulfonamides is 1. The average molecular weight is 315 g/mol. The minimum atomic E-state index is -3.90. The van der Waals surface area contributed by atoms with Crippen LogP contribution in [0.5, 0.6) is 0 Å². The number of aromatic nitrogens is 2. The molecule has 2 aliphatic rings. The summed E-state index contributed by atoms with van der Waals surface area (Å²) in [7, 11) is -3.90. The number of fused-ring (bicyclic) bond motifs is 1. The van der Waals surface area contributed by atoms with Crippen molar-refractivity contribution in [2.75, 3.05) is 13.2 Å². The third kappa shape index (κ3) is 2.25. The van der Waals surface area contributed by atoms with Crippen LogP contribution in [0.2, 0.25) is 0 Å². The van der Waals surface area contributed by atoms with Crippen molar-refractivity contribution in [3.05, 3.63) is 11.4 Å². The third-order valence-electron chi connectivity index (χ3n) is 4.09. The van der Waals surface area contributed by atoms with Crippen LogP contribution in [-0.4, -0.2) is 59.3 Å². The Hall–Kier alpha value is -1.45. The molecule has 1 aliphatic heterocycles. The fourth-order valence-corrected chi connectivity index (χ4v) is 5.14. The van der Waals surface area contributed by atoms with Crippen molar-refractivity contribution in [3.63, 3.8) is 0 Å². The topological polar surface area (TPSA) is 113 Å². The summed E-state index contributed by atoms with van der Waals surface area (Å²) in [6.45, 7) is 2.09. The van der Waals surface area contributed by atoms with Crippen LogP contribution in [0.1, 0.15) is 35.4 Å². The van der Waals surface area contributed by atoms with E-state index in [0.29, 0.717) is 6.61 Å². The Kier molecular flexibility index (Phi) is 3.50. The summed E-state index contributed by atoms with van der Waals surface area (Å²) >= 11 is 0. The van der Waals surface area contributed by atoms with Crippen molar-refractivity contribution < 1.29 is 23.1 Å². The number of aromatic carboxylic acids is 1. The molecule has 2 fully saturated rings. The van der Waals surface area contributed by atoms with E-state index in [9.17, 15) is 13.2 Å². The number of ether oxygens (including phenoxy) is 1. The lowest BCUT2D eigenvalue weighted by molar-refractivity contribution is -0.0242. The number of nitrogens with zero attached hydrogens (tertiary/aromatic N) is 2. The first kappa shape index (κ1) is 14.5. The van der Waals surface area contributed by atoms with Crippen LogP contribution in [0, 0.1) is 6.92 Å². The van der Waals surface area contributed by atoms with Crippen LogP contribution in [-0.2, 0) is 14.8 Å². The number of aromatic amines is 1. The number of hydrogen-bond donors (Lipinski definition) is 2. The Labute approximate surface area is 122 Å². The molecule has 1 saturated carbocycles. The van der Waals surface area contributed by atoms with Gasteiger partial charge in [-0.1, -0.05) is 0 Å². The number of carboxylic acids is 1. The molecule has 0 spiro atoms. The van der Waals surface area contributed by atoms with E-state index in [1.807, 2.05) is 0 Å². The van der Waals surface area contributed by atoms with Crippen molar-refractivity contribution in [1.29, 1.82) is 0 Å². The molecule has 0 radical (unpaired) electrons. The zero-order valence-corrected chi connectivity index (χ0v) is 12.4. The smallest absolute Gasteiger partial charge is 0.357 e. The van der Waals surface area contributed by atoms with Gasteiger partial charge in [-0.15, -0.1) is 0 Å². The summed E-state index contributed by atoms with van der Waals surface area (Å²) in [5, 5.41) is 15.2. The van der Waals surface area contributed by atoms with E-state index in [-0.39, 0.29) is 29.3 Å². The fourth-order valence-electron chi connectivity index (χ4n) is 3.19. The van der Waals surface area contributed by atoms with E-state index in [2.05, 4.69) is 10.2 Å². The van der Waals surface area contributed by atoms with Crippen molar-refractivity contribution in [2.45, 2.75) is 43.2 Å². The predicted octanol–water partition coefficient (Wildman–Crippen LogP) is 0.358. The number of carbonyl (C=O) groups is 1. The monoisotopic (exact) mass is 315 g/mol. The van der Waals surface area contributed by atoms with Crippen molar-refractivity contribution in [2.24, 2.45) is 0 Å². The summed E-state index contributed by atoms with van der Waals surface area (Å²) in [6.07, 6.45) is 2.40. The third-order valence-corrected chi connectivity index (χ3v) is 6.18. The van der Waals surface area contributed by atoms with Gasteiger partial charge in [-0.2, -0.15) is 9.40 Å². The number of hydrogen-bond acceptors (Lipinski definition) is 5. The lowest BCUT2D eigenvalue weighted by Crippen LogP contribution is -2.51. The van der Waals surface area contributed by atoms with Gasteiger partial charge in [0.25, 0.3) is 0 Å². The van der Waals surface area contributed by atoms with Gasteiger partial charge in [-0.25, -0.2) is 13.2 Å². The van der Waals surface area contributed by atoms with E-state index in [1.54, 1.807) is 0 Å². The molecule has 116 valence electrons. The van der Waals surface area contributed by atoms with E-state index >= 15 is 0 Å². The highest BCUT2D eigenvalue weighted by molar-refractivity contribution is 7.89. The molecule has 0 bridgehead atoms. The van der Waals surface area contributed by atoms with E-state index in [4.69, 9.17) is 9.84 Å². The Morgan fingerprint density at radius 2 is 2.24 bits per heavy atom. The highest BCUT2D eigenvalue weighted by Gasteiger charge is 2.44. The van der Waals surface area contributed by atoms with Gasteiger partial charge < -0.3 is 9.84 Å². The van der Waals surface area contributed by atoms with Gasteiger partial charge in [0.1, 0.15) is 4.90 Å². The maximum atomic E-state index is 12.9. The summed E-state index contributed by atoms with van der Waals surface area (Å²) in [5.74, 6) is -1.35. The summed E-state index contributed by atoms with van der Waals surface area (Å²) < 4.78 is 32.8. The van der Waals surface area contributed by atoms with Gasteiger partial charge in [0.2, 0.25) is 10.0 Å². The van der Waals surface area contributed by atoms with Gasteiger partial charge in [0.05, 0.1) is 24.4 Å². The Bertz CT molecular complexity index is 668. The quantitative estimate of drug-likeness (QED) is 0.832. The number of aryl methyl sites for hydroxylation is 1. The molecule has 1 aromatic heterocycles. The number of rotatable bonds is 3. The number of H-pyrrole nitrogens is 1. The average Bonchev–Trinajstić information content (AvgIpc) is 3.03. The SMILES string of the molecule is Cc1[nH]nc(C(=O)O)c1S(=O)(=O)N1CCOC2CCCC21. The minimum Gasteiger partial charge on any atom is -0.476 e. The van der Waals surface area contributed by atoms with Crippen LogP contribution >= 0.6 is 0 Å². The van der Waals surface area contributed by atoms with Crippen LogP contribution in [0.15, 0.2) is 4.90 Å². The molecule has 2 atom stereocenters. The van der Waals surface area contributed by atoms with Crippen LogP contribution in [0.4, 0.5) is 0 Å². The fraction of sp³-hybridized carbons (Fsp3) is 0.667. The number of morpholine rings is 1. The van der Waals surface area contributed by atoms with Crippen molar-refractivity contribution in [1.82, 2.24) is 14.5 Å². The molecule has 3 rings (SSSR count). The Balaban J connectivity index is 2.04. The van der Waals surface area contributed by atoms with E-state index < -0.39 is 21.7 Å². The summed E-state index contributed by atoms with van der Waals surface area (Å²) in [6, 6.07) is -0.209. The first-order valence-corrected chi connectivity index (χ1v) is 8.28. The molecule has 9 heteroatoms. The maximum absolute atomic E-state index is 12.9. The molecule has 0 amide bonds. The van der Waals surface area contributed by atoms with Gasteiger partial charge in [0, 0.05) is 6.54 Å². The molecule has 1 aliphatic carbocycles. The second kappa shape index (κ2) is 5.08. The molecular weight excluding hydrogens is 298 g/mol. The molecule has 2 heterocycles. The Morgan fingerprint density at radius 3 is 2.95 bits per heavy atom. The lowest BCUT2D eigenvalue weighted by Gasteiger charge is -2.36. The van der Waals surface area contributed by atoms with Gasteiger partial charge in [-0.05, 0) is 26.2 Å². The summed E-state index contributed by atoms with van der Waals surface area (Å²) in [4.78, 5) is 11.0. The Morgan fingerprint density at radius 1 is 1.48 bits per heavy atom. The largest absolute Gasteiger partial charge is 0.476 e. The maximum Gasteiger partial charge on any atom is 0.357 e. The highest BCUT2D eigenvalue weighted by Crippen LogP contribution is 2.34. The van der Waals surface area contributed by atoms with Gasteiger partial charge in [-0.3, -0.25) is 5.10 Å². The van der Waals surface area contributed by atoms with Gasteiger partial charge in [0.15, 0.2) is 5.69 Å². The predicted molar refractivity (Wildman–Crippen MR) is 71.6 cm³/mol. The first-order valence-electron chi connectivity index (χ1n) is 6.84. The molecular formula is C12H17N3O5S. The normalized spacial score (nSPS) is 26.7. The molecule has 2 N–H and O–H groups in total. The molecule has 2 unspecified atom stereocenters. The standard InChI is InChI=1S/C12H17N3O5S/c1-7-11(10(12(16)17)14-13-7)21(18,19)15-5-6-20-9-4-2-3-8(9)15/h8-9H,2-6H2,1H3,(H,13,14)(H,16,17).